The summed E-state index contributed by atoms with van der Waals surface area (Å²) in [6, 6.07) is 21.1. The van der Waals surface area contributed by atoms with Crippen LogP contribution in [-0.2, 0) is 11.3 Å². The fraction of sp³-hybridized carbons (Fsp3) is 0.276. The Kier molecular flexibility index (Phi) is 6.81. The SMILES string of the molecule is COC(=O)c1ccc2c(=O)n(Cc3ccc(OC)cc3)c(N3CCN(c4cccc(C)c4)CC3)nc2c1. The van der Waals surface area contributed by atoms with Gasteiger partial charge in [-0.05, 0) is 60.5 Å². The van der Waals surface area contributed by atoms with Crippen LogP contribution in [0.4, 0.5) is 11.6 Å². The van der Waals surface area contributed by atoms with Crippen molar-refractivity contribution in [3.05, 3.63) is 93.8 Å². The summed E-state index contributed by atoms with van der Waals surface area (Å²) in [7, 11) is 2.97. The number of hydrogen-bond acceptors (Lipinski definition) is 7. The van der Waals surface area contributed by atoms with Crippen molar-refractivity contribution in [1.29, 1.82) is 0 Å². The van der Waals surface area contributed by atoms with Crippen molar-refractivity contribution in [2.24, 2.45) is 0 Å². The summed E-state index contributed by atoms with van der Waals surface area (Å²) in [5, 5.41) is 0.461. The molecule has 0 aliphatic carbocycles. The first-order valence-corrected chi connectivity index (χ1v) is 12.3. The van der Waals surface area contributed by atoms with Crippen LogP contribution in [0.3, 0.4) is 0 Å². The van der Waals surface area contributed by atoms with Crippen LogP contribution in [0.15, 0.2) is 71.5 Å². The Hall–Kier alpha value is -4.33. The van der Waals surface area contributed by atoms with E-state index in [0.29, 0.717) is 42.0 Å². The fourth-order valence-corrected chi connectivity index (χ4v) is 4.74. The average Bonchev–Trinajstić information content (AvgIpc) is 2.94. The number of carbonyl (C=O) groups is 1. The second-order valence-corrected chi connectivity index (χ2v) is 9.19. The van der Waals surface area contributed by atoms with Gasteiger partial charge in [0, 0.05) is 31.9 Å². The molecule has 0 N–H and O–H groups in total. The first-order valence-electron chi connectivity index (χ1n) is 12.3. The number of aromatic nitrogens is 2. The lowest BCUT2D eigenvalue weighted by atomic mass is 10.1. The predicted molar refractivity (Wildman–Crippen MR) is 145 cm³/mol. The quantitative estimate of drug-likeness (QED) is 0.374. The number of aryl methyl sites for hydroxylation is 1. The zero-order valence-electron chi connectivity index (χ0n) is 21.3. The number of benzene rings is 3. The number of rotatable bonds is 6. The highest BCUT2D eigenvalue weighted by molar-refractivity contribution is 5.94. The minimum absolute atomic E-state index is 0.145. The number of hydrogen-bond donors (Lipinski definition) is 0. The van der Waals surface area contributed by atoms with Gasteiger partial charge in [0.25, 0.3) is 5.56 Å². The zero-order chi connectivity index (χ0) is 25.9. The molecule has 0 amide bonds. The van der Waals surface area contributed by atoms with Crippen molar-refractivity contribution in [3.8, 4) is 5.75 Å². The van der Waals surface area contributed by atoms with Gasteiger partial charge in [0.05, 0.1) is 37.2 Å². The van der Waals surface area contributed by atoms with Gasteiger partial charge in [0.2, 0.25) is 5.95 Å². The molecule has 37 heavy (non-hydrogen) atoms. The third-order valence-corrected chi connectivity index (χ3v) is 6.79. The van der Waals surface area contributed by atoms with Crippen LogP contribution < -0.4 is 20.1 Å². The lowest BCUT2D eigenvalue weighted by Crippen LogP contribution is -2.48. The van der Waals surface area contributed by atoms with E-state index in [1.54, 1.807) is 29.9 Å². The molecule has 0 unspecified atom stereocenters. The molecule has 8 nitrogen and oxygen atoms in total. The van der Waals surface area contributed by atoms with Crippen LogP contribution in [0.2, 0.25) is 0 Å². The number of carbonyl (C=O) groups excluding carboxylic acids is 1. The third kappa shape index (κ3) is 5.00. The highest BCUT2D eigenvalue weighted by atomic mass is 16.5. The molecule has 2 heterocycles. The Morgan fingerprint density at radius 2 is 1.65 bits per heavy atom. The van der Waals surface area contributed by atoms with Gasteiger partial charge in [-0.25, -0.2) is 9.78 Å². The van der Waals surface area contributed by atoms with Gasteiger partial charge in [-0.2, -0.15) is 0 Å². The maximum absolute atomic E-state index is 13.7. The topological polar surface area (TPSA) is 76.9 Å². The van der Waals surface area contributed by atoms with Crippen molar-refractivity contribution < 1.29 is 14.3 Å². The average molecular weight is 499 g/mol. The highest BCUT2D eigenvalue weighted by Crippen LogP contribution is 2.23. The van der Waals surface area contributed by atoms with Crippen molar-refractivity contribution in [3.63, 3.8) is 0 Å². The predicted octanol–water partition coefficient (Wildman–Crippen LogP) is 3.88. The van der Waals surface area contributed by atoms with Crippen molar-refractivity contribution >= 4 is 28.5 Å². The number of anilines is 2. The van der Waals surface area contributed by atoms with Crippen LogP contribution in [0.1, 0.15) is 21.5 Å². The zero-order valence-corrected chi connectivity index (χ0v) is 21.3. The minimum Gasteiger partial charge on any atom is -0.497 e. The first-order chi connectivity index (χ1) is 18.0. The molecule has 8 heteroatoms. The number of nitrogens with zero attached hydrogens (tertiary/aromatic N) is 4. The molecule has 1 saturated heterocycles. The molecular weight excluding hydrogens is 468 g/mol. The molecule has 4 aromatic rings. The molecule has 1 aromatic heterocycles. The molecule has 1 fully saturated rings. The van der Waals surface area contributed by atoms with Crippen molar-refractivity contribution in [2.45, 2.75) is 13.5 Å². The highest BCUT2D eigenvalue weighted by Gasteiger charge is 2.23. The van der Waals surface area contributed by atoms with E-state index in [1.165, 1.54) is 18.4 Å². The monoisotopic (exact) mass is 498 g/mol. The Morgan fingerprint density at radius 1 is 0.919 bits per heavy atom. The molecule has 0 saturated carbocycles. The Bertz CT molecular complexity index is 1490. The summed E-state index contributed by atoms with van der Waals surface area (Å²) in [5.74, 6) is 0.897. The summed E-state index contributed by atoms with van der Waals surface area (Å²) in [4.78, 5) is 35.3. The van der Waals surface area contributed by atoms with Crippen LogP contribution >= 0.6 is 0 Å². The molecule has 1 aliphatic heterocycles. The summed E-state index contributed by atoms with van der Waals surface area (Å²) < 4.78 is 11.9. The second kappa shape index (κ2) is 10.3. The Labute approximate surface area is 215 Å². The maximum atomic E-state index is 13.7. The number of esters is 1. The van der Waals surface area contributed by atoms with E-state index in [1.807, 2.05) is 24.3 Å². The smallest absolute Gasteiger partial charge is 0.337 e. The molecule has 3 aromatic carbocycles. The third-order valence-electron chi connectivity index (χ3n) is 6.79. The van der Waals surface area contributed by atoms with E-state index in [4.69, 9.17) is 14.5 Å². The maximum Gasteiger partial charge on any atom is 0.337 e. The van der Waals surface area contributed by atoms with Crippen molar-refractivity contribution in [1.82, 2.24) is 9.55 Å². The van der Waals surface area contributed by atoms with Gasteiger partial charge < -0.3 is 19.3 Å². The van der Waals surface area contributed by atoms with Gasteiger partial charge >= 0.3 is 5.97 Å². The van der Waals surface area contributed by atoms with Crippen LogP contribution in [0.25, 0.3) is 10.9 Å². The lowest BCUT2D eigenvalue weighted by molar-refractivity contribution is 0.0601. The van der Waals surface area contributed by atoms with E-state index in [-0.39, 0.29) is 5.56 Å². The molecule has 0 bridgehead atoms. The van der Waals surface area contributed by atoms with E-state index in [2.05, 4.69) is 41.0 Å². The molecule has 5 rings (SSSR count). The second-order valence-electron chi connectivity index (χ2n) is 9.19. The van der Waals surface area contributed by atoms with Crippen LogP contribution in [0.5, 0.6) is 5.75 Å². The van der Waals surface area contributed by atoms with Gasteiger partial charge in [0.15, 0.2) is 0 Å². The summed E-state index contributed by atoms with van der Waals surface area (Å²) in [6.07, 6.45) is 0. The largest absolute Gasteiger partial charge is 0.497 e. The molecular formula is C29H30N4O4. The van der Waals surface area contributed by atoms with Crippen LogP contribution in [0, 0.1) is 6.92 Å². The lowest BCUT2D eigenvalue weighted by Gasteiger charge is -2.37. The molecule has 0 atom stereocenters. The van der Waals surface area contributed by atoms with Crippen molar-refractivity contribution in [2.75, 3.05) is 50.2 Å². The standard InChI is InChI=1S/C29H30N4O4/c1-20-5-4-6-23(17-20)31-13-15-32(16-14-31)29-30-26-18-22(28(35)37-3)9-12-25(26)27(34)33(29)19-21-7-10-24(36-2)11-8-21/h4-12,17-18H,13-16,19H2,1-3H3. The van der Waals surface area contributed by atoms with E-state index >= 15 is 0 Å². The van der Waals surface area contributed by atoms with E-state index < -0.39 is 5.97 Å². The minimum atomic E-state index is -0.459. The van der Waals surface area contributed by atoms with Gasteiger partial charge in [-0.1, -0.05) is 24.3 Å². The Balaban J connectivity index is 1.53. The van der Waals surface area contributed by atoms with E-state index in [9.17, 15) is 9.59 Å². The Morgan fingerprint density at radius 3 is 2.32 bits per heavy atom. The molecule has 0 radical (unpaired) electrons. The molecule has 1 aliphatic rings. The number of piperazine rings is 1. The van der Waals surface area contributed by atoms with Gasteiger partial charge in [-0.15, -0.1) is 0 Å². The number of ether oxygens (including phenoxy) is 2. The summed E-state index contributed by atoms with van der Waals surface area (Å²) >= 11 is 0. The van der Waals surface area contributed by atoms with Crippen LogP contribution in [-0.4, -0.2) is 55.9 Å². The summed E-state index contributed by atoms with van der Waals surface area (Å²) in [6.45, 7) is 5.51. The normalized spacial score (nSPS) is 13.6. The first kappa shape index (κ1) is 24.4. The molecule has 0 spiro atoms. The number of methoxy groups -OCH3 is 2. The summed E-state index contributed by atoms with van der Waals surface area (Å²) in [5.41, 5.74) is 4.10. The van der Waals surface area contributed by atoms with Gasteiger partial charge in [0.1, 0.15) is 5.75 Å². The number of fused-ring (bicyclic) bond motifs is 1. The van der Waals surface area contributed by atoms with E-state index in [0.717, 1.165) is 24.4 Å². The fourth-order valence-electron chi connectivity index (χ4n) is 4.74. The van der Waals surface area contributed by atoms with Gasteiger partial charge in [-0.3, -0.25) is 9.36 Å². The molecule has 190 valence electrons.